The Labute approximate surface area is 118 Å². The molecule has 1 aromatic heterocycles. The first kappa shape index (κ1) is 14.5. The van der Waals surface area contributed by atoms with Crippen molar-refractivity contribution in [3.05, 3.63) is 41.5 Å². The average molecular weight is 276 g/mol. The molecule has 5 heteroatoms. The number of benzene rings is 1. The highest BCUT2D eigenvalue weighted by atomic mass is 16.5. The maximum atomic E-state index is 9.44. The van der Waals surface area contributed by atoms with Crippen molar-refractivity contribution in [2.45, 2.75) is 33.3 Å². The molecule has 2 aromatic rings. The molecule has 0 aliphatic heterocycles. The van der Waals surface area contributed by atoms with Gasteiger partial charge < -0.3 is 14.4 Å². The number of rotatable bonds is 4. The Kier molecular flexibility index (Phi) is 4.09. The summed E-state index contributed by atoms with van der Waals surface area (Å²) in [5.74, 6) is 1.29. The van der Waals surface area contributed by atoms with Crippen LogP contribution in [0.2, 0.25) is 0 Å². The third-order valence-electron chi connectivity index (χ3n) is 3.01. The fourth-order valence-electron chi connectivity index (χ4n) is 2.13. The first-order chi connectivity index (χ1) is 9.40. The van der Waals surface area contributed by atoms with Gasteiger partial charge in [-0.25, -0.2) is 0 Å². The molecule has 1 N–H and O–H groups in total. The number of hydrogen-bond acceptors (Lipinski definition) is 5. The Hall–Kier alpha value is -1.88. The number of phenolic OH excluding ortho intramolecular Hbond substituents is 1. The third kappa shape index (κ3) is 3.36. The summed E-state index contributed by atoms with van der Waals surface area (Å²) >= 11 is 0. The van der Waals surface area contributed by atoms with Crippen LogP contribution in [0, 0.1) is 5.41 Å². The summed E-state index contributed by atoms with van der Waals surface area (Å²) < 4.78 is 10.7. The number of hydrogen-bond donors (Lipinski definition) is 1. The van der Waals surface area contributed by atoms with Gasteiger partial charge in [-0.05, 0) is 23.1 Å². The second-order valence-electron chi connectivity index (χ2n) is 5.87. The zero-order valence-electron chi connectivity index (χ0n) is 12.3. The normalized spacial score (nSPS) is 13.4. The van der Waals surface area contributed by atoms with Gasteiger partial charge in [-0.15, -0.1) is 0 Å². The zero-order valence-corrected chi connectivity index (χ0v) is 12.3. The molecule has 0 saturated carbocycles. The second-order valence-corrected chi connectivity index (χ2v) is 5.87. The van der Waals surface area contributed by atoms with Crippen molar-refractivity contribution in [3.63, 3.8) is 0 Å². The predicted molar refractivity (Wildman–Crippen MR) is 74.4 cm³/mol. The van der Waals surface area contributed by atoms with E-state index >= 15 is 0 Å². The van der Waals surface area contributed by atoms with E-state index in [2.05, 4.69) is 30.9 Å². The van der Waals surface area contributed by atoms with Crippen molar-refractivity contribution in [1.82, 2.24) is 10.1 Å². The molecule has 0 aliphatic rings. The monoisotopic (exact) mass is 276 g/mol. The Balaban J connectivity index is 2.17. The molecule has 0 bridgehead atoms. The second kappa shape index (κ2) is 5.63. The lowest BCUT2D eigenvalue weighted by Gasteiger charge is -2.26. The van der Waals surface area contributed by atoms with Gasteiger partial charge in [0, 0.05) is 7.11 Å². The summed E-state index contributed by atoms with van der Waals surface area (Å²) in [6.45, 7) is 6.19. The van der Waals surface area contributed by atoms with Crippen molar-refractivity contribution in [2.75, 3.05) is 7.11 Å². The average Bonchev–Trinajstić information content (AvgIpc) is 2.76. The van der Waals surface area contributed by atoms with Crippen LogP contribution in [0.25, 0.3) is 0 Å². The Bertz CT molecular complexity index is 572. The Morgan fingerprint density at radius 3 is 2.70 bits per heavy atom. The predicted octanol–water partition coefficient (Wildman–Crippen LogP) is 3.10. The van der Waals surface area contributed by atoms with Gasteiger partial charge in [0.2, 0.25) is 11.7 Å². The maximum Gasteiger partial charge on any atom is 0.231 e. The van der Waals surface area contributed by atoms with Gasteiger partial charge in [0.15, 0.2) is 0 Å². The van der Waals surface area contributed by atoms with Crippen LogP contribution in [-0.4, -0.2) is 22.4 Å². The van der Waals surface area contributed by atoms with Crippen molar-refractivity contribution >= 4 is 0 Å². The molecule has 5 nitrogen and oxygen atoms in total. The summed E-state index contributed by atoms with van der Waals surface area (Å²) in [6.07, 6.45) is 0.270. The lowest BCUT2D eigenvalue weighted by Crippen LogP contribution is -2.21. The topological polar surface area (TPSA) is 68.4 Å². The van der Waals surface area contributed by atoms with Gasteiger partial charge >= 0.3 is 0 Å². The molecule has 1 atom stereocenters. The molecule has 0 aliphatic carbocycles. The van der Waals surface area contributed by atoms with Crippen molar-refractivity contribution in [3.8, 4) is 5.75 Å². The van der Waals surface area contributed by atoms with Crippen LogP contribution < -0.4 is 0 Å². The maximum absolute atomic E-state index is 9.44. The summed E-state index contributed by atoms with van der Waals surface area (Å²) in [5, 5.41) is 13.4. The lowest BCUT2D eigenvalue weighted by molar-refractivity contribution is 0.00718. The first-order valence-corrected chi connectivity index (χ1v) is 6.53. The molecule has 0 amide bonds. The quantitative estimate of drug-likeness (QED) is 0.929. The van der Waals surface area contributed by atoms with Gasteiger partial charge in [-0.3, -0.25) is 0 Å². The molecule has 0 spiro atoms. The van der Waals surface area contributed by atoms with Crippen molar-refractivity contribution in [2.24, 2.45) is 5.41 Å². The minimum atomic E-state index is -0.218. The minimum Gasteiger partial charge on any atom is -0.508 e. The largest absolute Gasteiger partial charge is 0.508 e. The molecular weight excluding hydrogens is 256 g/mol. The van der Waals surface area contributed by atoms with E-state index in [1.165, 1.54) is 0 Å². The Morgan fingerprint density at radius 2 is 2.10 bits per heavy atom. The first-order valence-electron chi connectivity index (χ1n) is 6.53. The van der Waals surface area contributed by atoms with E-state index in [1.54, 1.807) is 25.3 Å². The summed E-state index contributed by atoms with van der Waals surface area (Å²) in [5.41, 5.74) is 0.811. The molecule has 0 radical (unpaired) electrons. The summed E-state index contributed by atoms with van der Waals surface area (Å²) in [4.78, 5) is 4.39. The summed E-state index contributed by atoms with van der Waals surface area (Å²) in [6, 6.07) is 7.00. The molecule has 2 rings (SSSR count). The number of aromatic nitrogens is 2. The fraction of sp³-hybridized carbons (Fsp3) is 0.467. The van der Waals surface area contributed by atoms with Crippen LogP contribution in [0.15, 0.2) is 28.8 Å². The zero-order chi connectivity index (χ0) is 14.8. The highest BCUT2D eigenvalue weighted by Crippen LogP contribution is 2.33. The molecular formula is C15H20N2O3. The van der Waals surface area contributed by atoms with E-state index in [-0.39, 0.29) is 17.3 Å². The molecule has 0 fully saturated rings. The number of aromatic hydroxyl groups is 1. The van der Waals surface area contributed by atoms with Crippen LogP contribution in [0.5, 0.6) is 5.75 Å². The smallest absolute Gasteiger partial charge is 0.231 e. The van der Waals surface area contributed by atoms with Crippen LogP contribution in [0.4, 0.5) is 0 Å². The summed E-state index contributed by atoms with van der Waals surface area (Å²) in [7, 11) is 1.64. The highest BCUT2D eigenvalue weighted by Gasteiger charge is 2.30. The molecule has 1 heterocycles. The van der Waals surface area contributed by atoms with E-state index < -0.39 is 0 Å². The van der Waals surface area contributed by atoms with Crippen LogP contribution >= 0.6 is 0 Å². The van der Waals surface area contributed by atoms with Crippen LogP contribution in [0.3, 0.4) is 0 Å². The number of nitrogens with zero attached hydrogens (tertiary/aromatic N) is 2. The molecule has 0 saturated heterocycles. The molecule has 1 aromatic carbocycles. The van der Waals surface area contributed by atoms with E-state index in [4.69, 9.17) is 9.26 Å². The fourth-order valence-corrected chi connectivity index (χ4v) is 2.13. The molecule has 108 valence electrons. The standard InChI is InChI=1S/C15H20N2O3/c1-15(2,3)13(19-4)14-16-12(20-17-14)9-10-6-5-7-11(18)8-10/h5-8,13,18H,9H2,1-4H3. The third-order valence-corrected chi connectivity index (χ3v) is 3.01. The van der Waals surface area contributed by atoms with Gasteiger partial charge in [0.25, 0.3) is 0 Å². The highest BCUT2D eigenvalue weighted by molar-refractivity contribution is 5.28. The SMILES string of the molecule is COC(c1noc(Cc2cccc(O)c2)n1)C(C)(C)C. The number of methoxy groups -OCH3 is 1. The number of phenols is 1. The molecule has 20 heavy (non-hydrogen) atoms. The number of ether oxygens (including phenoxy) is 1. The molecule has 1 unspecified atom stereocenters. The van der Waals surface area contributed by atoms with E-state index in [9.17, 15) is 5.11 Å². The van der Waals surface area contributed by atoms with Crippen molar-refractivity contribution in [1.29, 1.82) is 0 Å². The van der Waals surface area contributed by atoms with E-state index in [0.29, 0.717) is 18.1 Å². The lowest BCUT2D eigenvalue weighted by atomic mass is 9.88. The van der Waals surface area contributed by atoms with Crippen molar-refractivity contribution < 1.29 is 14.4 Å². The van der Waals surface area contributed by atoms with Gasteiger partial charge in [0.05, 0.1) is 6.42 Å². The minimum absolute atomic E-state index is 0.110. The van der Waals surface area contributed by atoms with Gasteiger partial charge in [-0.2, -0.15) is 4.98 Å². The van der Waals surface area contributed by atoms with Gasteiger partial charge in [0.1, 0.15) is 11.9 Å². The Morgan fingerprint density at radius 1 is 1.35 bits per heavy atom. The van der Waals surface area contributed by atoms with Crippen LogP contribution in [-0.2, 0) is 11.2 Å². The van der Waals surface area contributed by atoms with E-state index in [0.717, 1.165) is 5.56 Å². The van der Waals surface area contributed by atoms with Crippen LogP contribution in [0.1, 0.15) is 44.2 Å². The van der Waals surface area contributed by atoms with Gasteiger partial charge in [-0.1, -0.05) is 38.1 Å². The van der Waals surface area contributed by atoms with E-state index in [1.807, 2.05) is 6.07 Å².